The normalized spacial score (nSPS) is 23.4. The lowest BCUT2D eigenvalue weighted by Gasteiger charge is -2.38. The van der Waals surface area contributed by atoms with Crippen molar-refractivity contribution >= 4 is 0 Å². The standard InChI is InChI=1S/C17H27FN2O/c1-4-16-12-21-13(3)10-20(16)11-15-8-14(9-19-5-2)6-7-17(15)18/h6-8,13,16,19H,4-5,9-12H2,1-3H3. The molecule has 1 aromatic rings. The van der Waals surface area contributed by atoms with E-state index in [0.29, 0.717) is 12.6 Å². The van der Waals surface area contributed by atoms with E-state index in [-0.39, 0.29) is 11.9 Å². The highest BCUT2D eigenvalue weighted by atomic mass is 19.1. The van der Waals surface area contributed by atoms with Crippen LogP contribution in [0.4, 0.5) is 4.39 Å². The second-order valence-electron chi connectivity index (χ2n) is 5.84. The van der Waals surface area contributed by atoms with Gasteiger partial charge in [-0.2, -0.15) is 0 Å². The quantitative estimate of drug-likeness (QED) is 0.873. The van der Waals surface area contributed by atoms with Crippen molar-refractivity contribution < 1.29 is 9.13 Å². The Morgan fingerprint density at radius 1 is 1.38 bits per heavy atom. The molecule has 0 radical (unpaired) electrons. The summed E-state index contributed by atoms with van der Waals surface area (Å²) in [5.74, 6) is -0.107. The van der Waals surface area contributed by atoms with Crippen molar-refractivity contribution in [3.8, 4) is 0 Å². The molecule has 1 N–H and O–H groups in total. The summed E-state index contributed by atoms with van der Waals surface area (Å²) in [7, 11) is 0. The average Bonchev–Trinajstić information content (AvgIpc) is 2.48. The van der Waals surface area contributed by atoms with E-state index >= 15 is 0 Å². The molecule has 0 amide bonds. The maximum Gasteiger partial charge on any atom is 0.127 e. The van der Waals surface area contributed by atoms with Crippen LogP contribution in [0.5, 0.6) is 0 Å². The number of rotatable bonds is 6. The summed E-state index contributed by atoms with van der Waals surface area (Å²) < 4.78 is 19.8. The fourth-order valence-corrected chi connectivity index (χ4v) is 2.83. The second kappa shape index (κ2) is 7.87. The highest BCUT2D eigenvalue weighted by Crippen LogP contribution is 2.20. The van der Waals surface area contributed by atoms with Gasteiger partial charge in [0.25, 0.3) is 0 Å². The number of nitrogens with zero attached hydrogens (tertiary/aromatic N) is 1. The first kappa shape index (κ1) is 16.4. The van der Waals surface area contributed by atoms with Gasteiger partial charge in [-0.05, 0) is 31.5 Å². The van der Waals surface area contributed by atoms with Crippen LogP contribution in [0.3, 0.4) is 0 Å². The van der Waals surface area contributed by atoms with Crippen LogP contribution in [0.2, 0.25) is 0 Å². The van der Waals surface area contributed by atoms with Gasteiger partial charge in [0, 0.05) is 31.2 Å². The molecule has 3 nitrogen and oxygen atoms in total. The molecule has 0 aromatic heterocycles. The molecule has 2 rings (SSSR count). The first-order valence-electron chi connectivity index (χ1n) is 7.97. The Hall–Kier alpha value is -0.970. The average molecular weight is 294 g/mol. The van der Waals surface area contributed by atoms with Crippen LogP contribution < -0.4 is 5.32 Å². The first-order valence-corrected chi connectivity index (χ1v) is 7.97. The monoisotopic (exact) mass is 294 g/mol. The molecule has 1 fully saturated rings. The zero-order chi connectivity index (χ0) is 15.2. The Bertz CT molecular complexity index is 452. The summed E-state index contributed by atoms with van der Waals surface area (Å²) in [5, 5.41) is 3.29. The van der Waals surface area contributed by atoms with Crippen LogP contribution in [-0.4, -0.2) is 36.7 Å². The lowest BCUT2D eigenvalue weighted by molar-refractivity contribution is -0.0595. The number of ether oxygens (including phenoxy) is 1. The molecular weight excluding hydrogens is 267 g/mol. The molecule has 4 heteroatoms. The van der Waals surface area contributed by atoms with Crippen molar-refractivity contribution in [1.29, 1.82) is 0 Å². The van der Waals surface area contributed by atoms with Crippen molar-refractivity contribution in [2.45, 2.75) is 52.4 Å². The Morgan fingerprint density at radius 3 is 2.90 bits per heavy atom. The van der Waals surface area contributed by atoms with Gasteiger partial charge >= 0.3 is 0 Å². The number of morpholine rings is 1. The molecule has 118 valence electrons. The largest absolute Gasteiger partial charge is 0.376 e. The molecular formula is C17H27FN2O. The summed E-state index contributed by atoms with van der Waals surface area (Å²) in [4.78, 5) is 2.35. The van der Waals surface area contributed by atoms with E-state index in [1.54, 1.807) is 6.07 Å². The molecule has 2 unspecified atom stereocenters. The van der Waals surface area contributed by atoms with E-state index in [0.717, 1.165) is 43.8 Å². The second-order valence-corrected chi connectivity index (χ2v) is 5.84. The minimum absolute atomic E-state index is 0.107. The number of hydrogen-bond acceptors (Lipinski definition) is 3. The molecule has 21 heavy (non-hydrogen) atoms. The van der Waals surface area contributed by atoms with Crippen LogP contribution in [0, 0.1) is 5.82 Å². The molecule has 1 heterocycles. The van der Waals surface area contributed by atoms with Gasteiger partial charge in [0.2, 0.25) is 0 Å². The minimum Gasteiger partial charge on any atom is -0.376 e. The maximum absolute atomic E-state index is 14.1. The zero-order valence-corrected chi connectivity index (χ0v) is 13.4. The van der Waals surface area contributed by atoms with Crippen molar-refractivity contribution in [1.82, 2.24) is 10.2 Å². The van der Waals surface area contributed by atoms with Gasteiger partial charge in [0.05, 0.1) is 12.7 Å². The van der Waals surface area contributed by atoms with Gasteiger partial charge in [-0.1, -0.05) is 26.0 Å². The minimum atomic E-state index is -0.107. The summed E-state index contributed by atoms with van der Waals surface area (Å²) in [6, 6.07) is 5.83. The third-order valence-corrected chi connectivity index (χ3v) is 4.12. The van der Waals surface area contributed by atoms with Crippen molar-refractivity contribution in [3.63, 3.8) is 0 Å². The Kier molecular flexibility index (Phi) is 6.15. The predicted octanol–water partition coefficient (Wildman–Crippen LogP) is 2.93. The highest BCUT2D eigenvalue weighted by Gasteiger charge is 2.26. The molecule has 1 aromatic carbocycles. The third-order valence-electron chi connectivity index (χ3n) is 4.12. The first-order chi connectivity index (χ1) is 10.1. The van der Waals surface area contributed by atoms with E-state index in [2.05, 4.69) is 31.0 Å². The van der Waals surface area contributed by atoms with Gasteiger partial charge < -0.3 is 10.1 Å². The van der Waals surface area contributed by atoms with E-state index < -0.39 is 0 Å². The fourth-order valence-electron chi connectivity index (χ4n) is 2.83. The van der Waals surface area contributed by atoms with E-state index in [4.69, 9.17) is 4.74 Å². The Balaban J connectivity index is 2.09. The molecule has 0 aliphatic carbocycles. The van der Waals surface area contributed by atoms with Crippen molar-refractivity contribution in [3.05, 3.63) is 35.1 Å². The smallest absolute Gasteiger partial charge is 0.127 e. The fraction of sp³-hybridized carbons (Fsp3) is 0.647. The van der Waals surface area contributed by atoms with Gasteiger partial charge in [-0.3, -0.25) is 4.90 Å². The number of hydrogen-bond donors (Lipinski definition) is 1. The van der Waals surface area contributed by atoms with Gasteiger partial charge in [0.15, 0.2) is 0 Å². The number of benzene rings is 1. The summed E-state index contributed by atoms with van der Waals surface area (Å²) in [5.41, 5.74) is 1.93. The lowest BCUT2D eigenvalue weighted by atomic mass is 10.1. The highest BCUT2D eigenvalue weighted by molar-refractivity contribution is 5.25. The van der Waals surface area contributed by atoms with Crippen molar-refractivity contribution in [2.75, 3.05) is 19.7 Å². The van der Waals surface area contributed by atoms with Gasteiger partial charge in [-0.15, -0.1) is 0 Å². The van der Waals surface area contributed by atoms with Gasteiger partial charge in [0.1, 0.15) is 5.82 Å². The SMILES string of the molecule is CCNCc1ccc(F)c(CN2CC(C)OCC2CC)c1. The Morgan fingerprint density at radius 2 is 2.19 bits per heavy atom. The molecule has 1 aliphatic rings. The summed E-state index contributed by atoms with van der Waals surface area (Å²) in [6.07, 6.45) is 1.26. The molecule has 1 saturated heterocycles. The zero-order valence-electron chi connectivity index (χ0n) is 13.4. The maximum atomic E-state index is 14.1. The van der Waals surface area contributed by atoms with E-state index in [1.165, 1.54) is 0 Å². The van der Waals surface area contributed by atoms with Crippen LogP contribution in [-0.2, 0) is 17.8 Å². The molecule has 1 aliphatic heterocycles. The van der Waals surface area contributed by atoms with Crippen LogP contribution in [0.25, 0.3) is 0 Å². The Labute approximate surface area is 127 Å². The van der Waals surface area contributed by atoms with Gasteiger partial charge in [-0.25, -0.2) is 4.39 Å². The van der Waals surface area contributed by atoms with Crippen LogP contribution in [0.1, 0.15) is 38.3 Å². The number of nitrogens with one attached hydrogen (secondary N) is 1. The third kappa shape index (κ3) is 4.50. The van der Waals surface area contributed by atoms with Crippen LogP contribution in [0.15, 0.2) is 18.2 Å². The number of halogens is 1. The van der Waals surface area contributed by atoms with E-state index in [1.807, 2.05) is 12.1 Å². The van der Waals surface area contributed by atoms with Crippen LogP contribution >= 0.6 is 0 Å². The molecule has 0 spiro atoms. The molecule has 0 bridgehead atoms. The van der Waals surface area contributed by atoms with E-state index in [9.17, 15) is 4.39 Å². The van der Waals surface area contributed by atoms with Crippen molar-refractivity contribution in [2.24, 2.45) is 0 Å². The molecule has 0 saturated carbocycles. The molecule has 2 atom stereocenters. The summed E-state index contributed by atoms with van der Waals surface area (Å²) in [6.45, 7) is 10.3. The lowest BCUT2D eigenvalue weighted by Crippen LogP contribution is -2.48. The predicted molar refractivity (Wildman–Crippen MR) is 83.7 cm³/mol. The topological polar surface area (TPSA) is 24.5 Å². The summed E-state index contributed by atoms with van der Waals surface area (Å²) >= 11 is 0.